The second kappa shape index (κ2) is 6.41. The Morgan fingerprint density at radius 3 is 2.35 bits per heavy atom. The number of likely N-dealkylation sites (tertiary alicyclic amines) is 1. The predicted octanol–water partition coefficient (Wildman–Crippen LogP) is 2.85. The van der Waals surface area contributed by atoms with Gasteiger partial charge in [0.05, 0.1) is 0 Å². The summed E-state index contributed by atoms with van der Waals surface area (Å²) in [7, 11) is 0. The molecule has 0 saturated carbocycles. The highest BCUT2D eigenvalue weighted by molar-refractivity contribution is 6.02. The van der Waals surface area contributed by atoms with Gasteiger partial charge < -0.3 is 10.2 Å². The van der Waals surface area contributed by atoms with Crippen LogP contribution >= 0.6 is 0 Å². The molecule has 0 unspecified atom stereocenters. The number of hydrogen-bond donors (Lipinski definition) is 3. The van der Waals surface area contributed by atoms with Crippen molar-refractivity contribution in [2.45, 2.75) is 33.1 Å². The molecule has 0 radical (unpaired) electrons. The highest BCUT2D eigenvalue weighted by Gasteiger charge is 2.16. The Morgan fingerprint density at radius 2 is 1.75 bits per heavy atom. The summed E-state index contributed by atoms with van der Waals surface area (Å²) in [6.45, 7) is 5.61. The molecule has 1 aromatic rings. The van der Waals surface area contributed by atoms with Gasteiger partial charge in [0.2, 0.25) is 0 Å². The molecular weight excluding hydrogens is 252 g/mol. The van der Waals surface area contributed by atoms with E-state index < -0.39 is 0 Å². The highest BCUT2D eigenvalue weighted by Crippen LogP contribution is 2.19. The minimum atomic E-state index is -0.349. The molecular formula is C15H22N4O. The van der Waals surface area contributed by atoms with Crippen LogP contribution in [0, 0.1) is 19.3 Å². The molecule has 1 aliphatic heterocycles. The van der Waals surface area contributed by atoms with Crippen molar-refractivity contribution >= 4 is 17.7 Å². The molecule has 0 spiro atoms. The average molecular weight is 274 g/mol. The van der Waals surface area contributed by atoms with Crippen molar-refractivity contribution in [2.75, 3.05) is 18.4 Å². The molecule has 3 N–H and O–H groups in total. The van der Waals surface area contributed by atoms with E-state index >= 15 is 0 Å². The van der Waals surface area contributed by atoms with Gasteiger partial charge in [0.15, 0.2) is 5.96 Å². The fraction of sp³-hybridized carbons (Fsp3) is 0.467. The van der Waals surface area contributed by atoms with Crippen LogP contribution in [0.1, 0.15) is 30.4 Å². The SMILES string of the molecule is Cc1cccc(C)c1NC(=O)NC(=N)N1CCCCC1. The Kier molecular flexibility index (Phi) is 4.61. The van der Waals surface area contributed by atoms with Gasteiger partial charge in [-0.3, -0.25) is 10.7 Å². The van der Waals surface area contributed by atoms with Crippen LogP contribution in [0.2, 0.25) is 0 Å². The van der Waals surface area contributed by atoms with E-state index in [0.29, 0.717) is 0 Å². The quantitative estimate of drug-likeness (QED) is 0.544. The molecule has 1 aromatic carbocycles. The molecule has 0 aliphatic carbocycles. The predicted molar refractivity (Wildman–Crippen MR) is 81.2 cm³/mol. The number of para-hydroxylation sites is 1. The first-order valence-corrected chi connectivity index (χ1v) is 7.05. The van der Waals surface area contributed by atoms with Gasteiger partial charge in [0, 0.05) is 18.8 Å². The van der Waals surface area contributed by atoms with Gasteiger partial charge in [-0.25, -0.2) is 4.79 Å². The number of aryl methyl sites for hydroxylation is 2. The van der Waals surface area contributed by atoms with Gasteiger partial charge in [0.1, 0.15) is 0 Å². The largest absolute Gasteiger partial charge is 0.343 e. The summed E-state index contributed by atoms with van der Waals surface area (Å²) >= 11 is 0. The van der Waals surface area contributed by atoms with Crippen molar-refractivity contribution in [1.82, 2.24) is 10.2 Å². The molecule has 108 valence electrons. The molecule has 2 rings (SSSR count). The van der Waals surface area contributed by atoms with Crippen molar-refractivity contribution in [3.05, 3.63) is 29.3 Å². The highest BCUT2D eigenvalue weighted by atomic mass is 16.2. The van der Waals surface area contributed by atoms with Crippen LogP contribution in [-0.2, 0) is 0 Å². The van der Waals surface area contributed by atoms with Crippen molar-refractivity contribution in [1.29, 1.82) is 5.41 Å². The zero-order valence-corrected chi connectivity index (χ0v) is 12.1. The molecule has 5 heteroatoms. The van der Waals surface area contributed by atoms with Gasteiger partial charge in [-0.2, -0.15) is 0 Å². The molecule has 2 amide bonds. The topological polar surface area (TPSA) is 68.2 Å². The number of urea groups is 1. The Morgan fingerprint density at radius 1 is 1.15 bits per heavy atom. The lowest BCUT2D eigenvalue weighted by Gasteiger charge is -2.28. The lowest BCUT2D eigenvalue weighted by Crippen LogP contribution is -2.47. The third-order valence-corrected chi connectivity index (χ3v) is 3.62. The third-order valence-electron chi connectivity index (χ3n) is 3.62. The van der Waals surface area contributed by atoms with E-state index in [0.717, 1.165) is 42.7 Å². The first-order valence-electron chi connectivity index (χ1n) is 7.05. The average Bonchev–Trinajstić information content (AvgIpc) is 2.44. The van der Waals surface area contributed by atoms with E-state index in [1.807, 2.05) is 36.9 Å². The molecule has 0 bridgehead atoms. The number of guanidine groups is 1. The van der Waals surface area contributed by atoms with Gasteiger partial charge in [-0.15, -0.1) is 0 Å². The summed E-state index contributed by atoms with van der Waals surface area (Å²) in [4.78, 5) is 13.9. The van der Waals surface area contributed by atoms with E-state index in [1.54, 1.807) is 0 Å². The second-order valence-electron chi connectivity index (χ2n) is 5.24. The first kappa shape index (κ1) is 14.4. The Balaban J connectivity index is 1.93. The fourth-order valence-electron chi connectivity index (χ4n) is 2.46. The molecule has 20 heavy (non-hydrogen) atoms. The minimum Gasteiger partial charge on any atom is -0.343 e. The number of rotatable bonds is 1. The molecule has 1 saturated heterocycles. The van der Waals surface area contributed by atoms with Crippen LogP contribution in [0.15, 0.2) is 18.2 Å². The smallest absolute Gasteiger partial charge is 0.326 e. The first-order chi connectivity index (χ1) is 9.58. The number of carbonyl (C=O) groups is 1. The van der Waals surface area contributed by atoms with Crippen LogP contribution < -0.4 is 10.6 Å². The number of piperidine rings is 1. The van der Waals surface area contributed by atoms with Crippen molar-refractivity contribution in [3.8, 4) is 0 Å². The molecule has 1 aliphatic rings. The zero-order valence-electron chi connectivity index (χ0n) is 12.1. The number of nitrogens with one attached hydrogen (secondary N) is 3. The van der Waals surface area contributed by atoms with Crippen LogP contribution in [0.5, 0.6) is 0 Å². The number of benzene rings is 1. The lowest BCUT2D eigenvalue weighted by atomic mass is 10.1. The van der Waals surface area contributed by atoms with E-state index in [9.17, 15) is 4.79 Å². The van der Waals surface area contributed by atoms with Gasteiger partial charge in [-0.1, -0.05) is 18.2 Å². The van der Waals surface area contributed by atoms with Crippen LogP contribution in [0.3, 0.4) is 0 Å². The number of amides is 2. The van der Waals surface area contributed by atoms with Crippen LogP contribution in [0.4, 0.5) is 10.5 Å². The maximum atomic E-state index is 12.0. The van der Waals surface area contributed by atoms with Crippen LogP contribution in [0.25, 0.3) is 0 Å². The maximum Gasteiger partial charge on any atom is 0.326 e. The van der Waals surface area contributed by atoms with Crippen LogP contribution in [-0.4, -0.2) is 30.0 Å². The Hall–Kier alpha value is -2.04. The van der Waals surface area contributed by atoms with Crippen molar-refractivity contribution < 1.29 is 4.79 Å². The van der Waals surface area contributed by atoms with Gasteiger partial charge in [0.25, 0.3) is 0 Å². The lowest BCUT2D eigenvalue weighted by molar-refractivity contribution is 0.253. The van der Waals surface area contributed by atoms with E-state index in [2.05, 4.69) is 10.6 Å². The second-order valence-corrected chi connectivity index (χ2v) is 5.24. The normalized spacial score (nSPS) is 14.8. The summed E-state index contributed by atoms with van der Waals surface area (Å²) in [6.07, 6.45) is 3.38. The number of nitrogens with zero attached hydrogens (tertiary/aromatic N) is 1. The summed E-state index contributed by atoms with van der Waals surface area (Å²) < 4.78 is 0. The van der Waals surface area contributed by atoms with E-state index in [-0.39, 0.29) is 12.0 Å². The van der Waals surface area contributed by atoms with E-state index in [1.165, 1.54) is 6.42 Å². The molecule has 0 aromatic heterocycles. The number of hydrogen-bond acceptors (Lipinski definition) is 2. The molecule has 5 nitrogen and oxygen atoms in total. The fourth-order valence-corrected chi connectivity index (χ4v) is 2.46. The van der Waals surface area contributed by atoms with E-state index in [4.69, 9.17) is 5.41 Å². The number of carbonyl (C=O) groups excluding carboxylic acids is 1. The minimum absolute atomic E-state index is 0.188. The van der Waals surface area contributed by atoms with Crippen molar-refractivity contribution in [2.24, 2.45) is 0 Å². The molecule has 1 heterocycles. The standard InChI is InChI=1S/C15H22N4O/c1-11-7-6-8-12(2)13(11)17-15(20)18-14(16)19-9-4-3-5-10-19/h6-8H,3-5,9-10H2,1-2H3,(H3,16,17,18,20). The summed E-state index contributed by atoms with van der Waals surface area (Å²) in [5.74, 6) is 0.188. The summed E-state index contributed by atoms with van der Waals surface area (Å²) in [6, 6.07) is 5.53. The zero-order chi connectivity index (χ0) is 14.5. The molecule has 0 atom stereocenters. The summed E-state index contributed by atoms with van der Waals surface area (Å²) in [5, 5.41) is 13.4. The van der Waals surface area contributed by atoms with Gasteiger partial charge in [-0.05, 0) is 44.2 Å². The number of anilines is 1. The third kappa shape index (κ3) is 3.50. The maximum absolute atomic E-state index is 12.0. The molecule has 1 fully saturated rings. The Labute approximate surface area is 119 Å². The van der Waals surface area contributed by atoms with Crippen molar-refractivity contribution in [3.63, 3.8) is 0 Å². The Bertz CT molecular complexity index is 486. The monoisotopic (exact) mass is 274 g/mol. The summed E-state index contributed by atoms with van der Waals surface area (Å²) in [5.41, 5.74) is 2.85. The van der Waals surface area contributed by atoms with Gasteiger partial charge >= 0.3 is 6.03 Å².